The highest BCUT2D eigenvalue weighted by atomic mass is 16.3. The van der Waals surface area contributed by atoms with Gasteiger partial charge in [0.1, 0.15) is 11.2 Å². The van der Waals surface area contributed by atoms with Gasteiger partial charge in [0.15, 0.2) is 0 Å². The van der Waals surface area contributed by atoms with Crippen molar-refractivity contribution < 1.29 is 4.42 Å². The van der Waals surface area contributed by atoms with Gasteiger partial charge in [-0.2, -0.15) is 0 Å². The Kier molecular flexibility index (Phi) is 8.87. The molecule has 0 amide bonds. The molecule has 0 radical (unpaired) electrons. The standard InChI is InChI=1S/C58H39NO/c1-4-14-40(15-5-1)41-24-26-42(27-25-41)43-28-33-48(34-29-43)59(55-22-12-10-20-50(55)45-16-6-2-7-17-45)49-35-30-44(31-36-49)47-32-37-51-54(38-47)53(46-18-8-3-9-19-46)39-57-58(51)52-21-11-13-23-56(52)60-57/h1-39H. The molecule has 0 unspecified atom stereocenters. The first-order valence-electron chi connectivity index (χ1n) is 20.5. The Morgan fingerprint density at radius 1 is 0.267 bits per heavy atom. The molecule has 2 nitrogen and oxygen atoms in total. The van der Waals surface area contributed by atoms with Gasteiger partial charge < -0.3 is 9.32 Å². The monoisotopic (exact) mass is 765 g/mol. The van der Waals surface area contributed by atoms with Gasteiger partial charge in [-0.15, -0.1) is 0 Å². The van der Waals surface area contributed by atoms with Crippen molar-refractivity contribution in [3.63, 3.8) is 0 Å². The van der Waals surface area contributed by atoms with Crippen LogP contribution in [0.4, 0.5) is 17.1 Å². The fourth-order valence-corrected chi connectivity index (χ4v) is 8.72. The van der Waals surface area contributed by atoms with Gasteiger partial charge in [0.25, 0.3) is 0 Å². The van der Waals surface area contributed by atoms with Crippen molar-refractivity contribution in [2.45, 2.75) is 0 Å². The van der Waals surface area contributed by atoms with Gasteiger partial charge in [0.2, 0.25) is 0 Å². The summed E-state index contributed by atoms with van der Waals surface area (Å²) in [6.45, 7) is 0. The zero-order chi connectivity index (χ0) is 39.8. The SMILES string of the molecule is c1ccc(-c2ccc(-c3ccc(N(c4ccc(-c5ccc6c(c5)c(-c5ccccc5)cc5oc7ccccc7c56)cc4)c4ccccc4-c4ccccc4)cc3)cc2)cc1. The van der Waals surface area contributed by atoms with Gasteiger partial charge in [-0.3, -0.25) is 0 Å². The topological polar surface area (TPSA) is 16.4 Å². The van der Waals surface area contributed by atoms with Gasteiger partial charge in [0, 0.05) is 27.7 Å². The van der Waals surface area contributed by atoms with E-state index < -0.39 is 0 Å². The summed E-state index contributed by atoms with van der Waals surface area (Å²) in [6.07, 6.45) is 0. The molecule has 11 aromatic rings. The first-order valence-corrected chi connectivity index (χ1v) is 20.5. The van der Waals surface area contributed by atoms with E-state index in [2.05, 4.69) is 235 Å². The number of rotatable bonds is 8. The van der Waals surface area contributed by atoms with E-state index in [4.69, 9.17) is 4.42 Å². The molecule has 0 spiro atoms. The van der Waals surface area contributed by atoms with E-state index in [0.29, 0.717) is 0 Å². The molecule has 0 bridgehead atoms. The lowest BCUT2D eigenvalue weighted by Gasteiger charge is -2.28. The quantitative estimate of drug-likeness (QED) is 0.153. The highest BCUT2D eigenvalue weighted by molar-refractivity contribution is 6.22. The van der Waals surface area contributed by atoms with Crippen LogP contribution in [0, 0.1) is 0 Å². The molecule has 1 heterocycles. The van der Waals surface area contributed by atoms with Crippen LogP contribution in [-0.2, 0) is 0 Å². The van der Waals surface area contributed by atoms with E-state index in [0.717, 1.165) is 55.7 Å². The zero-order valence-electron chi connectivity index (χ0n) is 32.9. The predicted molar refractivity (Wildman–Crippen MR) is 253 cm³/mol. The molecule has 0 saturated carbocycles. The lowest BCUT2D eigenvalue weighted by molar-refractivity contribution is 0.669. The number of furan rings is 1. The minimum absolute atomic E-state index is 0.907. The summed E-state index contributed by atoms with van der Waals surface area (Å²) in [7, 11) is 0. The Hall–Kier alpha value is -7.94. The van der Waals surface area contributed by atoms with Gasteiger partial charge in [-0.25, -0.2) is 0 Å². The average Bonchev–Trinajstić information content (AvgIpc) is 3.72. The molecule has 0 atom stereocenters. The molecule has 0 N–H and O–H groups in total. The fraction of sp³-hybridized carbons (Fsp3) is 0. The number of hydrogen-bond donors (Lipinski definition) is 0. The minimum Gasteiger partial charge on any atom is -0.456 e. The van der Waals surface area contributed by atoms with E-state index in [1.807, 2.05) is 6.07 Å². The summed E-state index contributed by atoms with van der Waals surface area (Å²) in [5, 5.41) is 4.69. The van der Waals surface area contributed by atoms with Crippen LogP contribution in [0.25, 0.3) is 88.3 Å². The summed E-state index contributed by atoms with van der Waals surface area (Å²) < 4.78 is 6.43. The van der Waals surface area contributed by atoms with E-state index in [1.54, 1.807) is 0 Å². The van der Waals surface area contributed by atoms with E-state index in [9.17, 15) is 0 Å². The van der Waals surface area contributed by atoms with E-state index >= 15 is 0 Å². The van der Waals surface area contributed by atoms with Crippen molar-refractivity contribution in [2.24, 2.45) is 0 Å². The van der Waals surface area contributed by atoms with E-state index in [1.165, 1.54) is 49.7 Å². The fourth-order valence-electron chi connectivity index (χ4n) is 8.72. The number of hydrogen-bond acceptors (Lipinski definition) is 2. The van der Waals surface area contributed by atoms with Crippen molar-refractivity contribution in [3.05, 3.63) is 237 Å². The van der Waals surface area contributed by atoms with Crippen molar-refractivity contribution >= 4 is 49.8 Å². The molecule has 1 aromatic heterocycles. The lowest BCUT2D eigenvalue weighted by atomic mass is 9.92. The van der Waals surface area contributed by atoms with Crippen LogP contribution in [0.3, 0.4) is 0 Å². The summed E-state index contributed by atoms with van der Waals surface area (Å²) in [5.41, 5.74) is 16.9. The van der Waals surface area contributed by atoms with Gasteiger partial charge in [-0.1, -0.05) is 188 Å². The maximum absolute atomic E-state index is 6.43. The lowest BCUT2D eigenvalue weighted by Crippen LogP contribution is -2.11. The third-order valence-corrected chi connectivity index (χ3v) is 11.7. The summed E-state index contributed by atoms with van der Waals surface area (Å²) >= 11 is 0. The smallest absolute Gasteiger partial charge is 0.136 e. The van der Waals surface area contributed by atoms with Crippen LogP contribution in [-0.4, -0.2) is 0 Å². The second-order valence-corrected chi connectivity index (χ2v) is 15.3. The third-order valence-electron chi connectivity index (χ3n) is 11.7. The highest BCUT2D eigenvalue weighted by Gasteiger charge is 2.19. The van der Waals surface area contributed by atoms with Crippen molar-refractivity contribution in [2.75, 3.05) is 4.90 Å². The van der Waals surface area contributed by atoms with Gasteiger partial charge >= 0.3 is 0 Å². The first kappa shape index (κ1) is 35.2. The van der Waals surface area contributed by atoms with Crippen LogP contribution in [0.5, 0.6) is 0 Å². The molecule has 0 aliphatic rings. The molecule has 2 heteroatoms. The summed E-state index contributed by atoms with van der Waals surface area (Å²) in [4.78, 5) is 2.38. The number of para-hydroxylation sites is 2. The molecule has 11 rings (SSSR count). The van der Waals surface area contributed by atoms with Crippen molar-refractivity contribution in [1.82, 2.24) is 0 Å². The molecule has 282 valence electrons. The molecular formula is C58H39NO. The average molecular weight is 766 g/mol. The molecular weight excluding hydrogens is 727 g/mol. The number of benzene rings is 10. The highest BCUT2D eigenvalue weighted by Crippen LogP contribution is 2.44. The molecule has 0 fully saturated rings. The third kappa shape index (κ3) is 6.41. The van der Waals surface area contributed by atoms with Crippen LogP contribution < -0.4 is 4.90 Å². The molecule has 0 aliphatic carbocycles. The number of fused-ring (bicyclic) bond motifs is 5. The predicted octanol–water partition coefficient (Wildman–Crippen LogP) is 16.5. The molecule has 60 heavy (non-hydrogen) atoms. The maximum Gasteiger partial charge on any atom is 0.136 e. The summed E-state index contributed by atoms with van der Waals surface area (Å²) in [5.74, 6) is 0. The first-order chi connectivity index (χ1) is 29.7. The largest absolute Gasteiger partial charge is 0.456 e. The molecule has 10 aromatic carbocycles. The van der Waals surface area contributed by atoms with Crippen LogP contribution in [0.2, 0.25) is 0 Å². The summed E-state index contributed by atoms with van der Waals surface area (Å²) in [6, 6.07) is 84.8. The Morgan fingerprint density at radius 2 is 0.717 bits per heavy atom. The van der Waals surface area contributed by atoms with Crippen molar-refractivity contribution in [1.29, 1.82) is 0 Å². The number of anilines is 3. The number of nitrogens with zero attached hydrogens (tertiary/aromatic N) is 1. The van der Waals surface area contributed by atoms with Crippen LogP contribution in [0.15, 0.2) is 241 Å². The van der Waals surface area contributed by atoms with Crippen LogP contribution >= 0.6 is 0 Å². The normalized spacial score (nSPS) is 11.3. The Bertz CT molecular complexity index is 3260. The van der Waals surface area contributed by atoms with E-state index in [-0.39, 0.29) is 0 Å². The minimum atomic E-state index is 0.907. The Labute approximate surface area is 349 Å². The Morgan fingerprint density at radius 3 is 1.33 bits per heavy atom. The molecule has 0 saturated heterocycles. The van der Waals surface area contributed by atoms with Gasteiger partial charge in [-0.05, 0) is 109 Å². The second kappa shape index (κ2) is 15.1. The van der Waals surface area contributed by atoms with Crippen molar-refractivity contribution in [3.8, 4) is 55.6 Å². The Balaban J connectivity index is 1.000. The molecule has 0 aliphatic heterocycles. The maximum atomic E-state index is 6.43. The van der Waals surface area contributed by atoms with Crippen LogP contribution in [0.1, 0.15) is 0 Å². The second-order valence-electron chi connectivity index (χ2n) is 15.3. The van der Waals surface area contributed by atoms with Gasteiger partial charge in [0.05, 0.1) is 5.69 Å². The zero-order valence-corrected chi connectivity index (χ0v) is 32.9.